The lowest BCUT2D eigenvalue weighted by Gasteiger charge is -2.10. The number of halogens is 2. The van der Waals surface area contributed by atoms with E-state index >= 15 is 0 Å². The third kappa shape index (κ3) is 3.06. The Labute approximate surface area is 116 Å². The summed E-state index contributed by atoms with van der Waals surface area (Å²) in [5.74, 6) is 0.583. The molecule has 1 aromatic carbocycles. The van der Waals surface area contributed by atoms with Gasteiger partial charge in [0.25, 0.3) is 0 Å². The number of aromatic nitrogens is 1. The Balaban J connectivity index is 2.11. The minimum atomic E-state index is 0.528. The van der Waals surface area contributed by atoms with Crippen LogP contribution in [0.3, 0.4) is 0 Å². The summed E-state index contributed by atoms with van der Waals surface area (Å²) < 4.78 is 5.06. The molecule has 0 aliphatic heterocycles. The van der Waals surface area contributed by atoms with Gasteiger partial charge in [0.2, 0.25) is 5.88 Å². The first-order valence-electron chi connectivity index (χ1n) is 5.38. The van der Waals surface area contributed by atoms with Crippen LogP contribution in [0.5, 0.6) is 5.88 Å². The quantitative estimate of drug-likeness (QED) is 0.920. The molecule has 0 saturated carbocycles. The van der Waals surface area contributed by atoms with Crippen LogP contribution in [0.1, 0.15) is 5.69 Å². The van der Waals surface area contributed by atoms with Crippen LogP contribution in [-0.2, 0) is 6.54 Å². The topological polar surface area (TPSA) is 34.1 Å². The average Bonchev–Trinajstić information content (AvgIpc) is 2.38. The molecule has 0 bridgehead atoms. The van der Waals surface area contributed by atoms with Gasteiger partial charge in [0.1, 0.15) is 0 Å². The molecule has 94 valence electrons. The number of hydrogen-bond donors (Lipinski definition) is 1. The van der Waals surface area contributed by atoms with Gasteiger partial charge in [-0.15, -0.1) is 0 Å². The zero-order valence-electron chi connectivity index (χ0n) is 9.78. The molecule has 18 heavy (non-hydrogen) atoms. The van der Waals surface area contributed by atoms with E-state index in [2.05, 4.69) is 10.3 Å². The highest BCUT2D eigenvalue weighted by Crippen LogP contribution is 2.30. The Kier molecular flexibility index (Phi) is 4.28. The highest BCUT2D eigenvalue weighted by Gasteiger charge is 2.05. The van der Waals surface area contributed by atoms with Crippen LogP contribution in [0, 0.1) is 0 Å². The SMILES string of the molecule is COc1cccc(CNc2c(Cl)cccc2Cl)n1. The molecule has 0 aliphatic carbocycles. The van der Waals surface area contributed by atoms with Gasteiger partial charge in [0.05, 0.1) is 35.1 Å². The van der Waals surface area contributed by atoms with Crippen molar-refractivity contribution in [2.45, 2.75) is 6.54 Å². The van der Waals surface area contributed by atoms with E-state index in [9.17, 15) is 0 Å². The van der Waals surface area contributed by atoms with Gasteiger partial charge < -0.3 is 10.1 Å². The molecule has 1 heterocycles. The molecule has 3 nitrogen and oxygen atoms in total. The van der Waals surface area contributed by atoms with Crippen molar-refractivity contribution < 1.29 is 4.74 Å². The molecule has 0 unspecified atom stereocenters. The summed E-state index contributed by atoms with van der Waals surface area (Å²) >= 11 is 12.1. The van der Waals surface area contributed by atoms with E-state index in [-0.39, 0.29) is 0 Å². The van der Waals surface area contributed by atoms with Crippen LogP contribution in [0.4, 0.5) is 5.69 Å². The lowest BCUT2D eigenvalue weighted by Crippen LogP contribution is -2.03. The smallest absolute Gasteiger partial charge is 0.213 e. The predicted molar refractivity (Wildman–Crippen MR) is 74.6 cm³/mol. The summed E-state index contributed by atoms with van der Waals surface area (Å²) in [4.78, 5) is 4.29. The van der Waals surface area contributed by atoms with E-state index in [0.717, 1.165) is 5.69 Å². The second-order valence-corrected chi connectivity index (χ2v) is 4.44. The van der Waals surface area contributed by atoms with Crippen LogP contribution in [-0.4, -0.2) is 12.1 Å². The van der Waals surface area contributed by atoms with Crippen molar-refractivity contribution in [2.75, 3.05) is 12.4 Å². The standard InChI is InChI=1S/C13H12Cl2N2O/c1-18-12-7-2-4-9(17-12)8-16-13-10(14)5-3-6-11(13)15/h2-7,16H,8H2,1H3. The highest BCUT2D eigenvalue weighted by molar-refractivity contribution is 6.39. The van der Waals surface area contributed by atoms with E-state index in [1.165, 1.54) is 0 Å². The lowest BCUT2D eigenvalue weighted by atomic mass is 10.3. The van der Waals surface area contributed by atoms with Gasteiger partial charge in [-0.1, -0.05) is 35.3 Å². The summed E-state index contributed by atoms with van der Waals surface area (Å²) in [7, 11) is 1.59. The zero-order chi connectivity index (χ0) is 13.0. The number of anilines is 1. The van der Waals surface area contributed by atoms with Crippen LogP contribution < -0.4 is 10.1 Å². The first-order chi connectivity index (χ1) is 8.70. The van der Waals surface area contributed by atoms with Crippen molar-refractivity contribution in [3.8, 4) is 5.88 Å². The Morgan fingerprint density at radius 3 is 2.44 bits per heavy atom. The number of ether oxygens (including phenoxy) is 1. The number of rotatable bonds is 4. The minimum absolute atomic E-state index is 0.528. The van der Waals surface area contributed by atoms with Gasteiger partial charge >= 0.3 is 0 Å². The zero-order valence-corrected chi connectivity index (χ0v) is 11.3. The predicted octanol–water partition coefficient (Wildman–Crippen LogP) is 4.01. The Hall–Kier alpha value is -1.45. The van der Waals surface area contributed by atoms with E-state index in [1.807, 2.05) is 12.1 Å². The first kappa shape index (κ1) is 13.0. The third-order valence-electron chi connectivity index (χ3n) is 2.40. The molecule has 2 rings (SSSR count). The summed E-state index contributed by atoms with van der Waals surface area (Å²) in [6, 6.07) is 11.0. The Morgan fingerprint density at radius 2 is 1.78 bits per heavy atom. The van der Waals surface area contributed by atoms with Crippen molar-refractivity contribution in [3.63, 3.8) is 0 Å². The van der Waals surface area contributed by atoms with Crippen LogP contribution >= 0.6 is 23.2 Å². The summed E-state index contributed by atoms with van der Waals surface area (Å²) in [5, 5.41) is 4.34. The number of benzene rings is 1. The largest absolute Gasteiger partial charge is 0.481 e. The van der Waals surface area contributed by atoms with Crippen LogP contribution in [0.25, 0.3) is 0 Å². The number of methoxy groups -OCH3 is 1. The fourth-order valence-corrected chi connectivity index (χ4v) is 2.05. The number of pyridine rings is 1. The van der Waals surface area contributed by atoms with Crippen molar-refractivity contribution in [1.82, 2.24) is 4.98 Å². The molecule has 0 radical (unpaired) electrons. The van der Waals surface area contributed by atoms with Gasteiger partial charge in [0.15, 0.2) is 0 Å². The molecule has 2 aromatic rings. The normalized spacial score (nSPS) is 10.2. The van der Waals surface area contributed by atoms with Gasteiger partial charge in [0, 0.05) is 6.07 Å². The Bertz CT molecular complexity index is 526. The highest BCUT2D eigenvalue weighted by atomic mass is 35.5. The monoisotopic (exact) mass is 282 g/mol. The molecule has 0 aliphatic rings. The molecule has 1 aromatic heterocycles. The van der Waals surface area contributed by atoms with Crippen molar-refractivity contribution in [1.29, 1.82) is 0 Å². The maximum absolute atomic E-state index is 6.06. The maximum Gasteiger partial charge on any atom is 0.213 e. The fourth-order valence-electron chi connectivity index (χ4n) is 1.52. The third-order valence-corrected chi connectivity index (χ3v) is 3.03. The van der Waals surface area contributed by atoms with Gasteiger partial charge in [-0.2, -0.15) is 0 Å². The lowest BCUT2D eigenvalue weighted by molar-refractivity contribution is 0.396. The second kappa shape index (κ2) is 5.94. The van der Waals surface area contributed by atoms with Crippen molar-refractivity contribution in [3.05, 3.63) is 52.1 Å². The average molecular weight is 283 g/mol. The molecule has 1 N–H and O–H groups in total. The number of nitrogens with zero attached hydrogens (tertiary/aromatic N) is 1. The molecular formula is C13H12Cl2N2O. The van der Waals surface area contributed by atoms with E-state index in [0.29, 0.717) is 28.2 Å². The maximum atomic E-state index is 6.06. The fraction of sp³-hybridized carbons (Fsp3) is 0.154. The number of para-hydroxylation sites is 1. The van der Waals surface area contributed by atoms with Crippen LogP contribution in [0.15, 0.2) is 36.4 Å². The van der Waals surface area contributed by atoms with E-state index in [4.69, 9.17) is 27.9 Å². The summed E-state index contributed by atoms with van der Waals surface area (Å²) in [6.45, 7) is 0.528. The van der Waals surface area contributed by atoms with E-state index < -0.39 is 0 Å². The summed E-state index contributed by atoms with van der Waals surface area (Å²) in [6.07, 6.45) is 0. The Morgan fingerprint density at radius 1 is 1.11 bits per heavy atom. The molecule has 0 spiro atoms. The molecule has 5 heteroatoms. The van der Waals surface area contributed by atoms with Crippen molar-refractivity contribution in [2.24, 2.45) is 0 Å². The van der Waals surface area contributed by atoms with Gasteiger partial charge in [-0.05, 0) is 18.2 Å². The first-order valence-corrected chi connectivity index (χ1v) is 6.14. The van der Waals surface area contributed by atoms with Gasteiger partial charge in [-0.25, -0.2) is 4.98 Å². The molecule has 0 saturated heterocycles. The summed E-state index contributed by atoms with van der Waals surface area (Å²) in [5.41, 5.74) is 1.57. The molecule has 0 atom stereocenters. The molecule has 0 amide bonds. The van der Waals surface area contributed by atoms with Crippen molar-refractivity contribution >= 4 is 28.9 Å². The molecular weight excluding hydrogens is 271 g/mol. The minimum Gasteiger partial charge on any atom is -0.481 e. The van der Waals surface area contributed by atoms with Gasteiger partial charge in [-0.3, -0.25) is 0 Å². The van der Waals surface area contributed by atoms with E-state index in [1.54, 1.807) is 31.4 Å². The second-order valence-electron chi connectivity index (χ2n) is 3.62. The number of nitrogens with one attached hydrogen (secondary N) is 1. The van der Waals surface area contributed by atoms with Crippen LogP contribution in [0.2, 0.25) is 10.0 Å². The molecule has 0 fully saturated rings. The number of hydrogen-bond acceptors (Lipinski definition) is 3.